The molecule has 0 radical (unpaired) electrons. The van der Waals surface area contributed by atoms with E-state index in [1.54, 1.807) is 7.05 Å². The molecule has 0 spiro atoms. The van der Waals surface area contributed by atoms with Gasteiger partial charge in [0, 0.05) is 27.1 Å². The van der Waals surface area contributed by atoms with Crippen LogP contribution in [0.15, 0.2) is 35.7 Å². The van der Waals surface area contributed by atoms with Crippen molar-refractivity contribution in [2.75, 3.05) is 30.4 Å². The molecule has 0 aliphatic carbocycles. The average Bonchev–Trinajstić information content (AvgIpc) is 2.91. The van der Waals surface area contributed by atoms with Crippen molar-refractivity contribution in [2.45, 2.75) is 34.1 Å². The minimum atomic E-state index is -0.315. The molecule has 2 aliphatic rings. The van der Waals surface area contributed by atoms with E-state index in [0.717, 1.165) is 11.4 Å². The monoisotopic (exact) mass is 317 g/mol. The van der Waals surface area contributed by atoms with Gasteiger partial charge >= 0.3 is 0 Å². The number of likely N-dealkylation sites (N-methyl/N-ethyl adjacent to an activating group) is 1. The molecule has 1 aromatic carbocycles. The molecule has 0 atom stereocenters. The summed E-state index contributed by atoms with van der Waals surface area (Å²) < 4.78 is 0. The van der Waals surface area contributed by atoms with Gasteiger partial charge in [0.2, 0.25) is 0 Å². The van der Waals surface area contributed by atoms with Gasteiger partial charge in [-0.3, -0.25) is 9.59 Å². The second kappa shape index (κ2) is 8.36. The van der Waals surface area contributed by atoms with Crippen LogP contribution in [0.5, 0.6) is 0 Å². The lowest BCUT2D eigenvalue weighted by Crippen LogP contribution is -2.40. The lowest BCUT2D eigenvalue weighted by molar-refractivity contribution is -0.122. The maximum Gasteiger partial charge on any atom is 0.258 e. The molecule has 0 fully saturated rings. The van der Waals surface area contributed by atoms with E-state index in [4.69, 9.17) is 0 Å². The highest BCUT2D eigenvalue weighted by Crippen LogP contribution is 2.43. The Balaban J connectivity index is 0.000000615. The van der Waals surface area contributed by atoms with Crippen LogP contribution in [0.1, 0.15) is 34.1 Å². The Kier molecular flexibility index (Phi) is 6.82. The Bertz CT molecular complexity index is 608. The molecule has 0 saturated carbocycles. The summed E-state index contributed by atoms with van der Waals surface area (Å²) in [5.74, 6) is 0.284. The third-order valence-corrected chi connectivity index (χ3v) is 3.63. The number of Topliss-reactive ketones (excluding diaryl/α,β-unsaturated/α-hetero) is 1. The summed E-state index contributed by atoms with van der Waals surface area (Å²) in [5.41, 5.74) is 2.33. The Morgan fingerprint density at radius 1 is 1.09 bits per heavy atom. The fraction of sp³-hybridized carbons (Fsp3) is 0.444. The number of hydrogen-bond donors (Lipinski definition) is 1. The van der Waals surface area contributed by atoms with Crippen molar-refractivity contribution in [3.05, 3.63) is 35.7 Å². The molecule has 5 nitrogen and oxygen atoms in total. The van der Waals surface area contributed by atoms with Gasteiger partial charge in [0.25, 0.3) is 5.91 Å². The topological polar surface area (TPSA) is 52.7 Å². The summed E-state index contributed by atoms with van der Waals surface area (Å²) in [5, 5.41) is 2.55. The molecule has 126 valence electrons. The molecule has 1 N–H and O–H groups in total. The normalized spacial score (nSPS) is 15.0. The summed E-state index contributed by atoms with van der Waals surface area (Å²) in [6, 6.07) is 7.92. The Hall–Kier alpha value is -2.30. The number of nitrogens with zero attached hydrogens (tertiary/aromatic N) is 2. The second-order valence-electron chi connectivity index (χ2n) is 4.65. The van der Waals surface area contributed by atoms with Crippen LogP contribution in [0.4, 0.5) is 11.4 Å². The first-order chi connectivity index (χ1) is 11.1. The van der Waals surface area contributed by atoms with Crippen molar-refractivity contribution < 1.29 is 9.59 Å². The van der Waals surface area contributed by atoms with Crippen LogP contribution in [0.2, 0.25) is 0 Å². The van der Waals surface area contributed by atoms with Crippen LogP contribution in [0.3, 0.4) is 0 Å². The van der Waals surface area contributed by atoms with Crippen LogP contribution in [0.25, 0.3) is 0 Å². The van der Waals surface area contributed by atoms with Gasteiger partial charge in [0.15, 0.2) is 5.78 Å². The third-order valence-electron chi connectivity index (χ3n) is 3.63. The summed E-state index contributed by atoms with van der Waals surface area (Å²) >= 11 is 0. The van der Waals surface area contributed by atoms with E-state index in [0.29, 0.717) is 18.8 Å². The minimum absolute atomic E-state index is 0.0924. The molecule has 1 aromatic rings. The molecule has 0 aromatic heterocycles. The van der Waals surface area contributed by atoms with Crippen molar-refractivity contribution in [3.63, 3.8) is 0 Å². The summed E-state index contributed by atoms with van der Waals surface area (Å²) in [7, 11) is 3.43. The summed E-state index contributed by atoms with van der Waals surface area (Å²) in [6.45, 7) is 8.62. The fourth-order valence-corrected chi connectivity index (χ4v) is 2.73. The highest BCUT2D eigenvalue weighted by Gasteiger charge is 2.38. The van der Waals surface area contributed by atoms with Gasteiger partial charge < -0.3 is 15.1 Å². The largest absolute Gasteiger partial charge is 0.355 e. The molecular weight excluding hydrogens is 290 g/mol. The van der Waals surface area contributed by atoms with E-state index in [-0.39, 0.29) is 17.3 Å². The van der Waals surface area contributed by atoms with Crippen LogP contribution >= 0.6 is 0 Å². The first kappa shape index (κ1) is 18.7. The van der Waals surface area contributed by atoms with Crippen molar-refractivity contribution in [1.82, 2.24) is 5.32 Å². The zero-order chi connectivity index (χ0) is 17.6. The molecule has 0 saturated heterocycles. The number of para-hydroxylation sites is 2. The number of hydrogen-bond acceptors (Lipinski definition) is 4. The number of carbonyl (C=O) groups excluding carboxylic acids is 2. The Labute approximate surface area is 139 Å². The fourth-order valence-electron chi connectivity index (χ4n) is 2.73. The summed E-state index contributed by atoms with van der Waals surface area (Å²) in [6.07, 6.45) is 0.369. The number of nitrogens with one attached hydrogen (secondary N) is 1. The predicted octanol–water partition coefficient (Wildman–Crippen LogP) is 2.93. The predicted molar refractivity (Wildman–Crippen MR) is 95.6 cm³/mol. The standard InChI is InChI=1S/C14H15N3O2.2C2H6/c1-15-13(19)12-11(18)7-8-17-10-6-4-3-5-9(10)16(2)14(12)17;2*1-2/h3-6H,7-8H2,1-2H3,(H,15,19);2*1-2H3. The number of rotatable bonds is 1. The van der Waals surface area contributed by atoms with E-state index >= 15 is 0 Å². The minimum Gasteiger partial charge on any atom is -0.355 e. The lowest BCUT2D eigenvalue weighted by Gasteiger charge is -2.29. The van der Waals surface area contributed by atoms with Gasteiger partial charge in [0.1, 0.15) is 11.4 Å². The van der Waals surface area contributed by atoms with E-state index in [9.17, 15) is 9.59 Å². The van der Waals surface area contributed by atoms with Crippen molar-refractivity contribution in [3.8, 4) is 0 Å². The van der Waals surface area contributed by atoms with Crippen molar-refractivity contribution in [1.29, 1.82) is 0 Å². The van der Waals surface area contributed by atoms with Gasteiger partial charge in [-0.25, -0.2) is 0 Å². The molecule has 23 heavy (non-hydrogen) atoms. The van der Waals surface area contributed by atoms with Crippen LogP contribution in [0, 0.1) is 0 Å². The highest BCUT2D eigenvalue weighted by atomic mass is 16.2. The molecule has 2 aliphatic heterocycles. The molecule has 3 rings (SSSR count). The number of ketones is 1. The quantitative estimate of drug-likeness (QED) is 0.809. The van der Waals surface area contributed by atoms with E-state index in [2.05, 4.69) is 5.32 Å². The first-order valence-electron chi connectivity index (χ1n) is 8.25. The van der Waals surface area contributed by atoms with E-state index in [1.165, 1.54) is 0 Å². The molecule has 0 unspecified atom stereocenters. The number of benzene rings is 1. The summed E-state index contributed by atoms with van der Waals surface area (Å²) in [4.78, 5) is 28.0. The molecule has 1 amide bonds. The number of amides is 1. The molecular formula is C18H27N3O2. The Morgan fingerprint density at radius 3 is 2.22 bits per heavy atom. The van der Waals surface area contributed by atoms with Crippen LogP contribution < -0.4 is 15.1 Å². The number of carbonyl (C=O) groups is 2. The van der Waals surface area contributed by atoms with Crippen LogP contribution in [-0.4, -0.2) is 32.3 Å². The second-order valence-corrected chi connectivity index (χ2v) is 4.65. The van der Waals surface area contributed by atoms with E-state index < -0.39 is 0 Å². The molecule has 2 heterocycles. The Morgan fingerprint density at radius 2 is 1.65 bits per heavy atom. The van der Waals surface area contributed by atoms with E-state index in [1.807, 2.05) is 68.8 Å². The third kappa shape index (κ3) is 3.23. The van der Waals surface area contributed by atoms with Gasteiger partial charge in [-0.15, -0.1) is 0 Å². The van der Waals surface area contributed by atoms with Crippen molar-refractivity contribution in [2.24, 2.45) is 0 Å². The molecule has 5 heteroatoms. The van der Waals surface area contributed by atoms with Crippen molar-refractivity contribution >= 4 is 23.1 Å². The lowest BCUT2D eigenvalue weighted by atomic mass is 10.0. The zero-order valence-corrected chi connectivity index (χ0v) is 14.9. The number of anilines is 2. The average molecular weight is 317 g/mol. The van der Waals surface area contributed by atoms with Gasteiger partial charge in [-0.1, -0.05) is 39.8 Å². The molecule has 0 bridgehead atoms. The van der Waals surface area contributed by atoms with Gasteiger partial charge in [0.05, 0.1) is 11.4 Å². The van der Waals surface area contributed by atoms with Gasteiger partial charge in [-0.05, 0) is 12.1 Å². The maximum absolute atomic E-state index is 12.1. The number of fused-ring (bicyclic) bond motifs is 3. The highest BCUT2D eigenvalue weighted by molar-refractivity contribution is 6.22. The van der Waals surface area contributed by atoms with Gasteiger partial charge in [-0.2, -0.15) is 0 Å². The SMILES string of the molecule is CC.CC.CNC(=O)C1=C2N(C)c3ccccc3N2CCC1=O. The van der Waals surface area contributed by atoms with Crippen LogP contribution in [-0.2, 0) is 9.59 Å². The zero-order valence-electron chi connectivity index (χ0n) is 14.9. The first-order valence-corrected chi connectivity index (χ1v) is 8.25. The smallest absolute Gasteiger partial charge is 0.258 e. The maximum atomic E-state index is 12.1.